The van der Waals surface area contributed by atoms with Crippen LogP contribution in [0.3, 0.4) is 0 Å². The van der Waals surface area contributed by atoms with Gasteiger partial charge in [-0.3, -0.25) is 18.1 Å². The van der Waals surface area contributed by atoms with Crippen molar-refractivity contribution in [3.8, 4) is 34.5 Å². The van der Waals surface area contributed by atoms with Crippen LogP contribution in [0, 0.1) is 41.5 Å². The Kier molecular flexibility index (Phi) is 11.0. The van der Waals surface area contributed by atoms with Crippen LogP contribution >= 0.6 is 23.7 Å². The summed E-state index contributed by atoms with van der Waals surface area (Å²) in [4.78, 5) is 7.20. The fourth-order valence-corrected chi connectivity index (χ4v) is 15.3. The second kappa shape index (κ2) is 15.8. The third kappa shape index (κ3) is 9.43. The van der Waals surface area contributed by atoms with Gasteiger partial charge in [-0.15, -0.1) is 0 Å². The first-order valence-corrected chi connectivity index (χ1v) is 22.3. The molecule has 276 valence electrons. The van der Waals surface area contributed by atoms with Gasteiger partial charge in [-0.1, -0.05) is 106 Å². The average molecular weight is 780 g/mol. The van der Waals surface area contributed by atoms with Crippen molar-refractivity contribution in [1.82, 2.24) is 9.72 Å². The molecular weight excluding hydrogens is 735 g/mol. The molecule has 1 heterocycles. The highest BCUT2D eigenvalue weighted by Crippen LogP contribution is 2.79. The summed E-state index contributed by atoms with van der Waals surface area (Å²) in [6.07, 6.45) is 0. The maximum Gasteiger partial charge on any atom is 0.617 e. The van der Waals surface area contributed by atoms with E-state index in [0.717, 1.165) is 33.4 Å². The number of hydrogen-bond donors (Lipinski definition) is 2. The van der Waals surface area contributed by atoms with Crippen molar-refractivity contribution in [3.05, 3.63) is 179 Å². The van der Waals surface area contributed by atoms with Crippen LogP contribution in [0.1, 0.15) is 33.4 Å². The zero-order valence-corrected chi connectivity index (χ0v) is 33.8. The van der Waals surface area contributed by atoms with Crippen molar-refractivity contribution in [2.45, 2.75) is 41.5 Å². The molecular formula is C42H44N3O6P3+2. The van der Waals surface area contributed by atoms with Gasteiger partial charge in [0.2, 0.25) is 0 Å². The minimum atomic E-state index is -3.78. The van der Waals surface area contributed by atoms with E-state index in [0.29, 0.717) is 34.5 Å². The minimum absolute atomic E-state index is 0.520. The smallest absolute Gasteiger partial charge is 0.415 e. The van der Waals surface area contributed by atoms with Gasteiger partial charge >= 0.3 is 23.7 Å². The molecule has 6 aromatic carbocycles. The quantitative estimate of drug-likeness (QED) is 0.119. The summed E-state index contributed by atoms with van der Waals surface area (Å²) in [5.41, 5.74) is 6.45. The fourth-order valence-electron chi connectivity index (χ4n) is 5.31. The van der Waals surface area contributed by atoms with Gasteiger partial charge in [-0.05, 0) is 114 Å². The van der Waals surface area contributed by atoms with Gasteiger partial charge in [-0.25, -0.2) is 0 Å². The van der Waals surface area contributed by atoms with E-state index in [1.807, 2.05) is 187 Å². The molecule has 0 aliphatic carbocycles. The van der Waals surface area contributed by atoms with Crippen LogP contribution in [0.2, 0.25) is 0 Å². The highest BCUT2D eigenvalue weighted by Gasteiger charge is 2.75. The van der Waals surface area contributed by atoms with Gasteiger partial charge in [0.05, 0.1) is 4.52 Å². The van der Waals surface area contributed by atoms with Crippen molar-refractivity contribution in [3.63, 3.8) is 0 Å². The van der Waals surface area contributed by atoms with Crippen LogP contribution in [0.5, 0.6) is 34.5 Å². The van der Waals surface area contributed by atoms with Gasteiger partial charge in [0.25, 0.3) is 0 Å². The van der Waals surface area contributed by atoms with Crippen molar-refractivity contribution >= 4 is 23.7 Å². The molecule has 0 unspecified atom stereocenters. The van der Waals surface area contributed by atoms with Crippen molar-refractivity contribution in [1.29, 1.82) is 0 Å². The summed E-state index contributed by atoms with van der Waals surface area (Å²) in [6, 6.07) is 46.4. The summed E-state index contributed by atoms with van der Waals surface area (Å²) in [5.74, 6) is 3.16. The van der Waals surface area contributed by atoms with E-state index < -0.39 is 23.7 Å². The Bertz CT molecular complexity index is 2090. The van der Waals surface area contributed by atoms with Crippen molar-refractivity contribution < 1.29 is 27.1 Å². The third-order valence-corrected chi connectivity index (χ3v) is 17.0. The lowest BCUT2D eigenvalue weighted by molar-refractivity contribution is 0.403. The molecule has 0 fully saturated rings. The minimum Gasteiger partial charge on any atom is -0.415 e. The Morgan fingerprint density at radius 3 is 0.926 bits per heavy atom. The molecule has 54 heavy (non-hydrogen) atoms. The molecule has 0 atom stereocenters. The summed E-state index contributed by atoms with van der Waals surface area (Å²) < 4.78 is 47.3. The SMILES string of the molecule is Cc1ccc(OP2(Oc3ccc(C)cc3)=N[P+](Oc3ccc(C)cc3)(Oc3ccc(C)cc3)N[P+](Oc3ccc(C)cc3)(Oc3ccc(C)cc3)N2)cc1. The number of rotatable bonds is 12. The van der Waals surface area contributed by atoms with Gasteiger partial charge in [0, 0.05) is 4.86 Å². The first kappa shape index (κ1) is 37.4. The molecule has 0 radical (unpaired) electrons. The maximum absolute atomic E-state index is 7.01. The Morgan fingerprint density at radius 1 is 0.370 bits per heavy atom. The summed E-state index contributed by atoms with van der Waals surface area (Å²) >= 11 is 0. The van der Waals surface area contributed by atoms with Crippen molar-refractivity contribution in [2.24, 2.45) is 4.52 Å². The number of nitrogens with one attached hydrogen (secondary N) is 2. The van der Waals surface area contributed by atoms with Gasteiger partial charge in [0.1, 0.15) is 16.4 Å². The normalized spacial score (nSPS) is 15.3. The number of aryl methyl sites for hydroxylation is 6. The van der Waals surface area contributed by atoms with Crippen molar-refractivity contribution in [2.75, 3.05) is 0 Å². The average Bonchev–Trinajstić information content (AvgIpc) is 3.14. The monoisotopic (exact) mass is 779 g/mol. The zero-order valence-electron chi connectivity index (χ0n) is 31.1. The van der Waals surface area contributed by atoms with Gasteiger partial charge in [-0.2, -0.15) is 0 Å². The molecule has 1 aliphatic rings. The van der Waals surface area contributed by atoms with Crippen LogP contribution in [0.25, 0.3) is 0 Å². The number of benzene rings is 6. The third-order valence-electron chi connectivity index (χ3n) is 8.26. The van der Waals surface area contributed by atoms with E-state index in [-0.39, 0.29) is 0 Å². The molecule has 0 aromatic heterocycles. The van der Waals surface area contributed by atoms with E-state index in [4.69, 9.17) is 31.7 Å². The Hall–Kier alpha value is -4.87. The molecule has 7 rings (SSSR count). The Balaban J connectivity index is 1.50. The van der Waals surface area contributed by atoms with E-state index >= 15 is 0 Å². The maximum atomic E-state index is 7.01. The molecule has 6 aromatic rings. The number of hydrogen-bond acceptors (Lipinski definition) is 9. The van der Waals surface area contributed by atoms with E-state index in [2.05, 4.69) is 9.72 Å². The lowest BCUT2D eigenvalue weighted by Gasteiger charge is -2.34. The molecule has 0 bridgehead atoms. The van der Waals surface area contributed by atoms with Crippen LogP contribution in [0.15, 0.2) is 150 Å². The predicted octanol–water partition coefficient (Wildman–Crippen LogP) is 12.8. The predicted molar refractivity (Wildman–Crippen MR) is 220 cm³/mol. The lowest BCUT2D eigenvalue weighted by atomic mass is 10.2. The molecule has 9 nitrogen and oxygen atoms in total. The van der Waals surface area contributed by atoms with E-state index in [9.17, 15) is 0 Å². The van der Waals surface area contributed by atoms with E-state index in [1.165, 1.54) is 0 Å². The summed E-state index contributed by atoms with van der Waals surface area (Å²) in [7, 11) is -11.3. The van der Waals surface area contributed by atoms with Gasteiger partial charge < -0.3 is 9.05 Å². The first-order chi connectivity index (χ1) is 26.0. The molecule has 1 aliphatic heterocycles. The second-order valence-corrected chi connectivity index (χ2v) is 19.9. The molecule has 0 spiro atoms. The van der Waals surface area contributed by atoms with Crippen LogP contribution in [0.4, 0.5) is 0 Å². The lowest BCUT2D eigenvalue weighted by Crippen LogP contribution is -2.41. The molecule has 2 N–H and O–H groups in total. The van der Waals surface area contributed by atoms with Crippen LogP contribution in [-0.4, -0.2) is 0 Å². The molecule has 0 amide bonds. The van der Waals surface area contributed by atoms with Crippen LogP contribution < -0.4 is 36.9 Å². The largest absolute Gasteiger partial charge is 0.617 e. The molecule has 12 heteroatoms. The standard InChI is InChI=1S/C42H44N3O6P3/c1-31-7-19-37(20-8-31)46-52(47-38-21-9-32(2)10-22-38)43-53(48-39-23-11-33(3)12-24-39,49-40-25-13-34(4)14-26-40)45-54(44-52,50-41-27-15-35(5)16-28-41)51-42-29-17-36(6)18-30-42/h7-30,43-44H,1-6H3/q+2. The van der Waals surface area contributed by atoms with Crippen LogP contribution in [-0.2, 0) is 0 Å². The highest BCUT2D eigenvalue weighted by molar-refractivity contribution is 7.89. The zero-order chi connectivity index (χ0) is 37.8. The Morgan fingerprint density at radius 2 is 0.630 bits per heavy atom. The molecule has 0 saturated carbocycles. The summed E-state index contributed by atoms with van der Waals surface area (Å²) in [5, 5.41) is 0. The van der Waals surface area contributed by atoms with E-state index in [1.54, 1.807) is 0 Å². The first-order valence-electron chi connectivity index (χ1n) is 17.5. The Labute approximate surface area is 319 Å². The fraction of sp³-hybridized carbons (Fsp3) is 0.143. The highest BCUT2D eigenvalue weighted by atomic mass is 31.3. The molecule has 0 saturated heterocycles. The number of nitrogens with zero attached hydrogens (tertiary/aromatic N) is 1. The topological polar surface area (TPSA) is 91.8 Å². The van der Waals surface area contributed by atoms with Gasteiger partial charge in [0.15, 0.2) is 23.0 Å². The summed E-state index contributed by atoms with van der Waals surface area (Å²) in [6.45, 7) is 12.1. The second-order valence-electron chi connectivity index (χ2n) is 13.3.